The van der Waals surface area contributed by atoms with Crippen LogP contribution in [0, 0.1) is 6.92 Å². The molecule has 1 N–H and O–H groups in total. The summed E-state index contributed by atoms with van der Waals surface area (Å²) < 4.78 is 10.8. The van der Waals surface area contributed by atoms with Gasteiger partial charge in [-0.2, -0.15) is 0 Å². The summed E-state index contributed by atoms with van der Waals surface area (Å²) in [5, 5.41) is 1.09. The van der Waals surface area contributed by atoms with Gasteiger partial charge in [0.25, 0.3) is 5.91 Å². The minimum atomic E-state index is -0.410. The number of hydrogen-bond donors (Lipinski definition) is 1. The summed E-state index contributed by atoms with van der Waals surface area (Å²) in [5.41, 5.74) is 1.25. The highest BCUT2D eigenvalue weighted by Crippen LogP contribution is 2.21. The van der Waals surface area contributed by atoms with Gasteiger partial charge in [0.1, 0.15) is 17.6 Å². The molecule has 0 radical (unpaired) electrons. The molecular formula is C20H20N2O4. The van der Waals surface area contributed by atoms with Gasteiger partial charge in [0, 0.05) is 49.3 Å². The molecule has 3 heterocycles. The van der Waals surface area contributed by atoms with Crippen molar-refractivity contribution in [3.05, 3.63) is 64.3 Å². The Morgan fingerprint density at radius 3 is 2.77 bits per heavy atom. The van der Waals surface area contributed by atoms with Crippen LogP contribution in [0.15, 0.2) is 51.8 Å². The lowest BCUT2D eigenvalue weighted by molar-refractivity contribution is 0.0594. The van der Waals surface area contributed by atoms with Crippen LogP contribution in [0.2, 0.25) is 0 Å². The number of amides is 1. The normalized spacial score (nSPS) is 15.3. The highest BCUT2D eigenvalue weighted by molar-refractivity contribution is 5.98. The molecule has 26 heavy (non-hydrogen) atoms. The van der Waals surface area contributed by atoms with Crippen LogP contribution in [0.3, 0.4) is 0 Å². The molecule has 0 atom stereocenters. The van der Waals surface area contributed by atoms with E-state index in [0.29, 0.717) is 30.2 Å². The van der Waals surface area contributed by atoms with Gasteiger partial charge in [0.2, 0.25) is 0 Å². The van der Waals surface area contributed by atoms with Crippen LogP contribution in [0.4, 0.5) is 0 Å². The van der Waals surface area contributed by atoms with Crippen LogP contribution >= 0.6 is 0 Å². The van der Waals surface area contributed by atoms with E-state index < -0.39 is 5.63 Å². The average Bonchev–Trinajstić information content (AvgIpc) is 3.08. The number of ether oxygens (including phenoxy) is 1. The lowest BCUT2D eigenvalue weighted by Gasteiger charge is -2.32. The number of carbonyl (C=O) groups is 1. The van der Waals surface area contributed by atoms with Crippen molar-refractivity contribution in [2.24, 2.45) is 0 Å². The van der Waals surface area contributed by atoms with Crippen molar-refractivity contribution in [2.75, 3.05) is 13.1 Å². The maximum Gasteiger partial charge on any atom is 0.339 e. The second-order valence-electron chi connectivity index (χ2n) is 6.61. The van der Waals surface area contributed by atoms with Crippen LogP contribution in [0.25, 0.3) is 10.9 Å². The average molecular weight is 352 g/mol. The zero-order valence-corrected chi connectivity index (χ0v) is 14.5. The summed E-state index contributed by atoms with van der Waals surface area (Å²) in [6.45, 7) is 2.98. The van der Waals surface area contributed by atoms with E-state index in [4.69, 9.17) is 9.15 Å². The van der Waals surface area contributed by atoms with Crippen molar-refractivity contribution in [3.8, 4) is 5.75 Å². The summed E-state index contributed by atoms with van der Waals surface area (Å²) in [7, 11) is 0. The molecule has 6 heteroatoms. The molecule has 1 amide bonds. The van der Waals surface area contributed by atoms with Crippen molar-refractivity contribution in [1.82, 2.24) is 9.88 Å². The number of aromatic nitrogens is 1. The quantitative estimate of drug-likeness (QED) is 0.786. The van der Waals surface area contributed by atoms with E-state index >= 15 is 0 Å². The van der Waals surface area contributed by atoms with Crippen molar-refractivity contribution >= 4 is 16.8 Å². The molecule has 6 nitrogen and oxygen atoms in total. The second kappa shape index (κ2) is 6.71. The third-order valence-corrected chi connectivity index (χ3v) is 4.70. The number of aromatic amines is 1. The van der Waals surface area contributed by atoms with Crippen molar-refractivity contribution in [3.63, 3.8) is 0 Å². The van der Waals surface area contributed by atoms with E-state index in [9.17, 15) is 9.59 Å². The first-order chi connectivity index (χ1) is 12.6. The third-order valence-electron chi connectivity index (χ3n) is 4.70. The summed E-state index contributed by atoms with van der Waals surface area (Å²) in [6, 6.07) is 10.8. The zero-order valence-electron chi connectivity index (χ0n) is 14.5. The molecular weight excluding hydrogens is 332 g/mol. The largest absolute Gasteiger partial charge is 0.490 e. The molecule has 4 rings (SSSR count). The number of fused-ring (bicyclic) bond motifs is 1. The molecule has 0 aliphatic carbocycles. The number of piperidine rings is 1. The molecule has 0 spiro atoms. The predicted octanol–water partition coefficient (Wildman–Crippen LogP) is 3.11. The molecule has 0 unspecified atom stereocenters. The summed E-state index contributed by atoms with van der Waals surface area (Å²) in [4.78, 5) is 29.2. The second-order valence-corrected chi connectivity index (χ2v) is 6.61. The summed E-state index contributed by atoms with van der Waals surface area (Å²) in [6.07, 6.45) is 3.32. The Morgan fingerprint density at radius 2 is 2.00 bits per heavy atom. The van der Waals surface area contributed by atoms with Crippen molar-refractivity contribution < 1.29 is 13.9 Å². The standard InChI is InChI=1S/C20H20N2O4/c1-13-10-17(12-19(23)25-13)26-16-5-8-22(9-6-16)20(24)15-3-2-14-4-7-21-18(14)11-15/h2-4,7,10-12,16,21H,5-6,8-9H2,1H3. The van der Waals surface area contributed by atoms with E-state index in [1.165, 1.54) is 6.07 Å². The van der Waals surface area contributed by atoms with Crippen LogP contribution in [-0.2, 0) is 0 Å². The highest BCUT2D eigenvalue weighted by atomic mass is 16.5. The van der Waals surface area contributed by atoms with Crippen LogP contribution in [0.1, 0.15) is 29.0 Å². The lowest BCUT2D eigenvalue weighted by Crippen LogP contribution is -2.41. The molecule has 1 aliphatic rings. The maximum atomic E-state index is 12.7. The molecule has 2 aromatic heterocycles. The van der Waals surface area contributed by atoms with Gasteiger partial charge in [-0.25, -0.2) is 4.79 Å². The Hall–Kier alpha value is -3.02. The Balaban J connectivity index is 1.39. The number of benzene rings is 1. The predicted molar refractivity (Wildman–Crippen MR) is 97.6 cm³/mol. The first-order valence-electron chi connectivity index (χ1n) is 8.73. The van der Waals surface area contributed by atoms with Crippen molar-refractivity contribution in [1.29, 1.82) is 0 Å². The minimum absolute atomic E-state index is 0.00821. The number of hydrogen-bond acceptors (Lipinski definition) is 4. The van der Waals surface area contributed by atoms with Gasteiger partial charge in [-0.1, -0.05) is 6.07 Å². The first kappa shape index (κ1) is 16.4. The summed E-state index contributed by atoms with van der Waals surface area (Å²) >= 11 is 0. The molecule has 0 bridgehead atoms. The maximum absolute atomic E-state index is 12.7. The van der Waals surface area contributed by atoms with E-state index in [0.717, 1.165) is 23.7 Å². The van der Waals surface area contributed by atoms with Gasteiger partial charge in [0.15, 0.2) is 0 Å². The van der Waals surface area contributed by atoms with Crippen molar-refractivity contribution in [2.45, 2.75) is 25.9 Å². The number of rotatable bonds is 3. The zero-order chi connectivity index (χ0) is 18.1. The summed E-state index contributed by atoms with van der Waals surface area (Å²) in [5.74, 6) is 1.09. The molecule has 1 aromatic carbocycles. The van der Waals surface area contributed by atoms with Gasteiger partial charge in [0.05, 0.1) is 6.07 Å². The van der Waals surface area contributed by atoms with Gasteiger partial charge < -0.3 is 19.0 Å². The monoisotopic (exact) mass is 352 g/mol. The van der Waals surface area contributed by atoms with Crippen LogP contribution < -0.4 is 10.4 Å². The number of carbonyl (C=O) groups excluding carboxylic acids is 1. The fourth-order valence-electron chi connectivity index (χ4n) is 3.38. The third kappa shape index (κ3) is 3.35. The number of aryl methyl sites for hydroxylation is 1. The minimum Gasteiger partial charge on any atom is -0.490 e. The molecule has 3 aromatic rings. The molecule has 1 saturated heterocycles. The Bertz CT molecular complexity index is 996. The van der Waals surface area contributed by atoms with E-state index in [1.54, 1.807) is 13.0 Å². The Labute approximate surface area is 150 Å². The topological polar surface area (TPSA) is 75.5 Å². The molecule has 134 valence electrons. The smallest absolute Gasteiger partial charge is 0.339 e. The number of nitrogens with zero attached hydrogens (tertiary/aromatic N) is 1. The van der Waals surface area contributed by atoms with E-state index in [-0.39, 0.29) is 12.0 Å². The first-order valence-corrected chi connectivity index (χ1v) is 8.73. The number of nitrogens with one attached hydrogen (secondary N) is 1. The number of likely N-dealkylation sites (tertiary alicyclic amines) is 1. The number of H-pyrrole nitrogens is 1. The van der Waals surface area contributed by atoms with Crippen LogP contribution in [0.5, 0.6) is 5.75 Å². The fourth-order valence-corrected chi connectivity index (χ4v) is 3.38. The highest BCUT2D eigenvalue weighted by Gasteiger charge is 2.25. The van der Waals surface area contributed by atoms with Gasteiger partial charge >= 0.3 is 5.63 Å². The van der Waals surface area contributed by atoms with E-state index in [2.05, 4.69) is 4.98 Å². The van der Waals surface area contributed by atoms with E-state index in [1.807, 2.05) is 35.4 Å². The van der Waals surface area contributed by atoms with Crippen LogP contribution in [-0.4, -0.2) is 35.0 Å². The molecule has 1 fully saturated rings. The van der Waals surface area contributed by atoms with Gasteiger partial charge in [-0.3, -0.25) is 4.79 Å². The van der Waals surface area contributed by atoms with Gasteiger partial charge in [-0.15, -0.1) is 0 Å². The Kier molecular flexibility index (Phi) is 4.24. The fraction of sp³-hybridized carbons (Fsp3) is 0.300. The van der Waals surface area contributed by atoms with Gasteiger partial charge in [-0.05, 0) is 30.5 Å². The lowest BCUT2D eigenvalue weighted by atomic mass is 10.1. The SMILES string of the molecule is Cc1cc(OC2CCN(C(=O)c3ccc4cc[nH]c4c3)CC2)cc(=O)o1. The molecule has 0 saturated carbocycles. The molecule has 1 aliphatic heterocycles. The Morgan fingerprint density at radius 1 is 1.19 bits per heavy atom.